The molecule has 78 valence electrons. The zero-order chi connectivity index (χ0) is 10.6. The second-order valence-electron chi connectivity index (χ2n) is 3.02. The summed E-state index contributed by atoms with van der Waals surface area (Å²) in [5.41, 5.74) is 6.81. The third-order valence-electron chi connectivity index (χ3n) is 2.06. The SMILES string of the molecule is COc1ccc(C(O)CCO)c(N)c1. The van der Waals surface area contributed by atoms with E-state index in [0.717, 1.165) is 0 Å². The molecule has 4 nitrogen and oxygen atoms in total. The van der Waals surface area contributed by atoms with Gasteiger partial charge in [0.2, 0.25) is 0 Å². The molecule has 0 aliphatic heterocycles. The first-order valence-electron chi connectivity index (χ1n) is 4.41. The van der Waals surface area contributed by atoms with Gasteiger partial charge in [0.25, 0.3) is 0 Å². The van der Waals surface area contributed by atoms with Crippen LogP contribution in [0.15, 0.2) is 18.2 Å². The fourth-order valence-corrected chi connectivity index (χ4v) is 1.26. The first-order chi connectivity index (χ1) is 6.69. The molecule has 1 unspecified atom stereocenters. The summed E-state index contributed by atoms with van der Waals surface area (Å²) < 4.78 is 4.98. The maximum atomic E-state index is 9.58. The number of methoxy groups -OCH3 is 1. The number of nitrogens with two attached hydrogens (primary N) is 1. The number of aliphatic hydroxyl groups excluding tert-OH is 2. The van der Waals surface area contributed by atoms with Crippen molar-refractivity contribution >= 4 is 5.69 Å². The van der Waals surface area contributed by atoms with Gasteiger partial charge in [0.1, 0.15) is 5.75 Å². The Kier molecular flexibility index (Phi) is 3.73. The number of aliphatic hydroxyl groups is 2. The summed E-state index contributed by atoms with van der Waals surface area (Å²) in [6.07, 6.45) is -0.429. The highest BCUT2D eigenvalue weighted by molar-refractivity contribution is 5.52. The molecule has 0 saturated carbocycles. The minimum Gasteiger partial charge on any atom is -0.497 e. The average Bonchev–Trinajstić information content (AvgIpc) is 2.17. The molecule has 1 atom stereocenters. The van der Waals surface area contributed by atoms with Crippen LogP contribution in [0.5, 0.6) is 5.75 Å². The Labute approximate surface area is 82.9 Å². The standard InChI is InChI=1S/C10H15NO3/c1-14-7-2-3-8(9(11)6-7)10(13)4-5-12/h2-3,6,10,12-13H,4-5,11H2,1H3. The summed E-state index contributed by atoms with van der Waals surface area (Å²) in [6.45, 7) is -0.0629. The third kappa shape index (κ3) is 2.37. The normalized spacial score (nSPS) is 12.5. The molecular formula is C10H15NO3. The Morgan fingerprint density at radius 3 is 2.71 bits per heavy atom. The Morgan fingerprint density at radius 2 is 2.21 bits per heavy atom. The van der Waals surface area contributed by atoms with Crippen molar-refractivity contribution in [1.29, 1.82) is 0 Å². The van der Waals surface area contributed by atoms with E-state index in [2.05, 4.69) is 0 Å². The summed E-state index contributed by atoms with van der Waals surface area (Å²) in [4.78, 5) is 0. The quantitative estimate of drug-likeness (QED) is 0.621. The van der Waals surface area contributed by atoms with Crippen LogP contribution in [-0.4, -0.2) is 23.9 Å². The minimum absolute atomic E-state index is 0.0629. The molecule has 0 aliphatic carbocycles. The molecule has 4 heteroatoms. The Balaban J connectivity index is 2.88. The van der Waals surface area contributed by atoms with Crippen molar-refractivity contribution in [3.8, 4) is 5.75 Å². The van der Waals surface area contributed by atoms with Crippen LogP contribution in [0.4, 0.5) is 5.69 Å². The van der Waals surface area contributed by atoms with Crippen LogP contribution in [0.3, 0.4) is 0 Å². The Hall–Kier alpha value is -1.26. The van der Waals surface area contributed by atoms with Gasteiger partial charge in [-0.2, -0.15) is 0 Å². The summed E-state index contributed by atoms with van der Waals surface area (Å²) in [5.74, 6) is 0.655. The van der Waals surface area contributed by atoms with Crippen LogP contribution in [0.2, 0.25) is 0 Å². The Morgan fingerprint density at radius 1 is 1.50 bits per heavy atom. The number of anilines is 1. The summed E-state index contributed by atoms with van der Waals surface area (Å²) in [6, 6.07) is 5.08. The summed E-state index contributed by atoms with van der Waals surface area (Å²) >= 11 is 0. The lowest BCUT2D eigenvalue weighted by molar-refractivity contribution is 0.135. The highest BCUT2D eigenvalue weighted by atomic mass is 16.5. The van der Waals surface area contributed by atoms with E-state index in [0.29, 0.717) is 17.0 Å². The van der Waals surface area contributed by atoms with E-state index in [1.807, 2.05) is 0 Å². The van der Waals surface area contributed by atoms with Gasteiger partial charge in [-0.05, 0) is 6.07 Å². The molecular weight excluding hydrogens is 182 g/mol. The first kappa shape index (κ1) is 10.8. The van der Waals surface area contributed by atoms with Crippen LogP contribution >= 0.6 is 0 Å². The van der Waals surface area contributed by atoms with Crippen LogP contribution in [0, 0.1) is 0 Å². The molecule has 1 aromatic rings. The largest absolute Gasteiger partial charge is 0.497 e. The molecule has 0 amide bonds. The van der Waals surface area contributed by atoms with Gasteiger partial charge in [-0.3, -0.25) is 0 Å². The van der Waals surface area contributed by atoms with Gasteiger partial charge in [0, 0.05) is 30.3 Å². The molecule has 14 heavy (non-hydrogen) atoms. The summed E-state index contributed by atoms with van der Waals surface area (Å²) in [7, 11) is 1.55. The lowest BCUT2D eigenvalue weighted by atomic mass is 10.0. The smallest absolute Gasteiger partial charge is 0.120 e. The average molecular weight is 197 g/mol. The molecule has 0 aliphatic rings. The predicted octanol–water partition coefficient (Wildman–Crippen LogP) is 0.693. The van der Waals surface area contributed by atoms with Gasteiger partial charge in [-0.15, -0.1) is 0 Å². The number of hydrogen-bond donors (Lipinski definition) is 3. The summed E-state index contributed by atoms with van der Waals surface area (Å²) in [5, 5.41) is 18.2. The van der Waals surface area contributed by atoms with E-state index in [-0.39, 0.29) is 13.0 Å². The van der Waals surface area contributed by atoms with E-state index < -0.39 is 6.10 Å². The number of benzene rings is 1. The van der Waals surface area contributed by atoms with Gasteiger partial charge >= 0.3 is 0 Å². The van der Waals surface area contributed by atoms with E-state index in [4.69, 9.17) is 15.6 Å². The topological polar surface area (TPSA) is 75.7 Å². The number of ether oxygens (including phenoxy) is 1. The minimum atomic E-state index is -0.717. The molecule has 0 radical (unpaired) electrons. The maximum Gasteiger partial charge on any atom is 0.120 e. The number of rotatable bonds is 4. The zero-order valence-electron chi connectivity index (χ0n) is 8.10. The van der Waals surface area contributed by atoms with E-state index >= 15 is 0 Å². The highest BCUT2D eigenvalue weighted by Crippen LogP contribution is 2.26. The van der Waals surface area contributed by atoms with E-state index in [1.165, 1.54) is 0 Å². The van der Waals surface area contributed by atoms with Gasteiger partial charge < -0.3 is 20.7 Å². The molecule has 0 fully saturated rings. The second kappa shape index (κ2) is 4.83. The highest BCUT2D eigenvalue weighted by Gasteiger charge is 2.10. The van der Waals surface area contributed by atoms with Gasteiger partial charge in [-0.25, -0.2) is 0 Å². The molecule has 0 heterocycles. The molecule has 0 saturated heterocycles. The van der Waals surface area contributed by atoms with Crippen molar-refractivity contribution in [2.45, 2.75) is 12.5 Å². The van der Waals surface area contributed by atoms with Gasteiger partial charge in [0.15, 0.2) is 0 Å². The lowest BCUT2D eigenvalue weighted by Crippen LogP contribution is -2.04. The molecule has 0 aromatic heterocycles. The van der Waals surface area contributed by atoms with Gasteiger partial charge in [0.05, 0.1) is 13.2 Å². The fraction of sp³-hybridized carbons (Fsp3) is 0.400. The maximum absolute atomic E-state index is 9.58. The van der Waals surface area contributed by atoms with Crippen molar-refractivity contribution in [3.63, 3.8) is 0 Å². The monoisotopic (exact) mass is 197 g/mol. The van der Waals surface area contributed by atoms with E-state index in [9.17, 15) is 5.11 Å². The second-order valence-corrected chi connectivity index (χ2v) is 3.02. The van der Waals surface area contributed by atoms with Crippen molar-refractivity contribution in [3.05, 3.63) is 23.8 Å². The molecule has 0 bridgehead atoms. The molecule has 1 aromatic carbocycles. The molecule has 4 N–H and O–H groups in total. The lowest BCUT2D eigenvalue weighted by Gasteiger charge is -2.12. The number of nitrogen functional groups attached to an aromatic ring is 1. The molecule has 1 rings (SSSR count). The van der Waals surface area contributed by atoms with Crippen molar-refractivity contribution in [2.24, 2.45) is 0 Å². The third-order valence-corrected chi connectivity index (χ3v) is 2.06. The zero-order valence-corrected chi connectivity index (χ0v) is 8.10. The van der Waals surface area contributed by atoms with Crippen molar-refractivity contribution < 1.29 is 14.9 Å². The van der Waals surface area contributed by atoms with Crippen LogP contribution in [0.1, 0.15) is 18.1 Å². The van der Waals surface area contributed by atoms with Gasteiger partial charge in [-0.1, -0.05) is 6.07 Å². The fourth-order valence-electron chi connectivity index (χ4n) is 1.26. The molecule has 0 spiro atoms. The van der Waals surface area contributed by atoms with Crippen molar-refractivity contribution in [2.75, 3.05) is 19.5 Å². The van der Waals surface area contributed by atoms with Crippen LogP contribution < -0.4 is 10.5 Å². The van der Waals surface area contributed by atoms with Crippen molar-refractivity contribution in [1.82, 2.24) is 0 Å². The first-order valence-corrected chi connectivity index (χ1v) is 4.41. The van der Waals surface area contributed by atoms with Crippen LogP contribution in [-0.2, 0) is 0 Å². The van der Waals surface area contributed by atoms with Crippen LogP contribution in [0.25, 0.3) is 0 Å². The number of hydrogen-bond acceptors (Lipinski definition) is 4. The predicted molar refractivity (Wildman–Crippen MR) is 54.1 cm³/mol. The van der Waals surface area contributed by atoms with E-state index in [1.54, 1.807) is 25.3 Å². The Bertz CT molecular complexity index is 301.